The van der Waals surface area contributed by atoms with Gasteiger partial charge in [0.1, 0.15) is 5.82 Å². The number of aromatic nitrogens is 1. The van der Waals surface area contributed by atoms with Crippen LogP contribution in [-0.2, 0) is 0 Å². The summed E-state index contributed by atoms with van der Waals surface area (Å²) in [4.78, 5) is 4.21. The summed E-state index contributed by atoms with van der Waals surface area (Å²) in [5.74, 6) is 1.57. The van der Waals surface area contributed by atoms with Gasteiger partial charge in [-0.05, 0) is 40.9 Å². The summed E-state index contributed by atoms with van der Waals surface area (Å²) < 4.78 is 1.03. The summed E-state index contributed by atoms with van der Waals surface area (Å²) in [6.45, 7) is 2.90. The van der Waals surface area contributed by atoms with Crippen molar-refractivity contribution in [3.63, 3.8) is 0 Å². The lowest BCUT2D eigenvalue weighted by atomic mass is 10.3. The van der Waals surface area contributed by atoms with Gasteiger partial charge in [0.2, 0.25) is 0 Å². The normalized spacial score (nSPS) is 10.1. The molecule has 0 fully saturated rings. The molecule has 1 rings (SSSR count). The van der Waals surface area contributed by atoms with Crippen molar-refractivity contribution in [1.29, 1.82) is 0 Å². The van der Waals surface area contributed by atoms with Gasteiger partial charge in [0.25, 0.3) is 0 Å². The monoisotopic (exact) mass is 262 g/mol. The van der Waals surface area contributed by atoms with Crippen LogP contribution in [-0.4, -0.2) is 17.4 Å². The van der Waals surface area contributed by atoms with Crippen molar-refractivity contribution in [2.45, 2.75) is 13.3 Å². The molecule has 72 valence electrons. The number of pyridine rings is 1. The molecule has 0 radical (unpaired) electrons. The molecule has 13 heavy (non-hydrogen) atoms. The Bertz CT molecular complexity index is 278. The van der Waals surface area contributed by atoms with E-state index >= 15 is 0 Å². The van der Waals surface area contributed by atoms with Crippen LogP contribution in [0.3, 0.4) is 0 Å². The Morgan fingerprint density at radius 2 is 2.38 bits per heavy atom. The Morgan fingerprint density at radius 1 is 1.62 bits per heavy atom. The molecular formula is C9H12BrClN2. The van der Waals surface area contributed by atoms with Crippen molar-refractivity contribution in [2.75, 3.05) is 17.7 Å². The summed E-state index contributed by atoms with van der Waals surface area (Å²) >= 11 is 9.04. The Hall–Kier alpha value is -0.280. The van der Waals surface area contributed by atoms with E-state index in [1.54, 1.807) is 6.20 Å². The number of nitrogens with one attached hydrogen (secondary N) is 1. The maximum absolute atomic E-state index is 5.57. The van der Waals surface area contributed by atoms with Crippen molar-refractivity contribution in [2.24, 2.45) is 0 Å². The summed E-state index contributed by atoms with van der Waals surface area (Å²) in [6.07, 6.45) is 2.74. The second kappa shape index (κ2) is 5.45. The van der Waals surface area contributed by atoms with Crippen LogP contribution >= 0.6 is 27.5 Å². The Balaban J connectivity index is 2.61. The summed E-state index contributed by atoms with van der Waals surface area (Å²) in [5.41, 5.74) is 1.18. The van der Waals surface area contributed by atoms with Crippen LogP contribution in [0.1, 0.15) is 12.0 Å². The molecule has 0 amide bonds. The number of aryl methyl sites for hydroxylation is 1. The van der Waals surface area contributed by atoms with Gasteiger partial charge in [-0.15, -0.1) is 11.6 Å². The van der Waals surface area contributed by atoms with Gasteiger partial charge in [0.15, 0.2) is 0 Å². The van der Waals surface area contributed by atoms with Gasteiger partial charge in [0, 0.05) is 18.6 Å². The molecule has 1 aromatic rings. The lowest BCUT2D eigenvalue weighted by Crippen LogP contribution is -2.04. The zero-order chi connectivity index (χ0) is 9.68. The van der Waals surface area contributed by atoms with Crippen LogP contribution in [0, 0.1) is 6.92 Å². The first-order chi connectivity index (χ1) is 6.25. The molecule has 1 heterocycles. The van der Waals surface area contributed by atoms with Crippen LogP contribution in [0.15, 0.2) is 16.7 Å². The molecule has 0 spiro atoms. The molecule has 2 nitrogen and oxygen atoms in total. The van der Waals surface area contributed by atoms with E-state index in [0.29, 0.717) is 5.88 Å². The van der Waals surface area contributed by atoms with Crippen LogP contribution in [0.4, 0.5) is 5.82 Å². The zero-order valence-corrected chi connectivity index (χ0v) is 9.82. The van der Waals surface area contributed by atoms with Gasteiger partial charge in [-0.25, -0.2) is 4.98 Å². The smallest absolute Gasteiger partial charge is 0.140 e. The minimum Gasteiger partial charge on any atom is -0.369 e. The molecule has 0 aliphatic heterocycles. The van der Waals surface area contributed by atoms with Crippen LogP contribution < -0.4 is 5.32 Å². The number of anilines is 1. The van der Waals surface area contributed by atoms with E-state index in [1.165, 1.54) is 5.56 Å². The van der Waals surface area contributed by atoms with Gasteiger partial charge in [-0.3, -0.25) is 0 Å². The Morgan fingerprint density at radius 3 is 3.08 bits per heavy atom. The van der Waals surface area contributed by atoms with Gasteiger partial charge < -0.3 is 5.32 Å². The molecule has 0 bridgehead atoms. The topological polar surface area (TPSA) is 24.9 Å². The fourth-order valence-electron chi connectivity index (χ4n) is 0.937. The first kappa shape index (κ1) is 10.8. The summed E-state index contributed by atoms with van der Waals surface area (Å²) in [5, 5.41) is 3.21. The molecule has 1 N–H and O–H groups in total. The molecule has 0 aliphatic rings. The highest BCUT2D eigenvalue weighted by atomic mass is 79.9. The maximum atomic E-state index is 5.57. The third-order valence-electron chi connectivity index (χ3n) is 1.69. The average molecular weight is 264 g/mol. The van der Waals surface area contributed by atoms with Gasteiger partial charge >= 0.3 is 0 Å². The van der Waals surface area contributed by atoms with E-state index in [9.17, 15) is 0 Å². The number of nitrogens with zero attached hydrogens (tertiary/aromatic N) is 1. The molecule has 0 aromatic carbocycles. The fourth-order valence-corrected chi connectivity index (χ4v) is 1.45. The molecule has 0 saturated carbocycles. The SMILES string of the molecule is Cc1ccnc(NCCCCl)c1Br. The molecule has 0 atom stereocenters. The van der Waals surface area contributed by atoms with Crippen LogP contribution in [0.2, 0.25) is 0 Å². The van der Waals surface area contributed by atoms with Gasteiger partial charge in [0.05, 0.1) is 4.47 Å². The third-order valence-corrected chi connectivity index (χ3v) is 2.95. The average Bonchev–Trinajstić information content (AvgIpc) is 2.13. The second-order valence-electron chi connectivity index (χ2n) is 2.76. The number of halogens is 2. The standard InChI is InChI=1S/C9H12BrClN2/c1-7-3-6-13-9(8(7)10)12-5-2-4-11/h3,6H,2,4-5H2,1H3,(H,12,13). The molecule has 4 heteroatoms. The van der Waals surface area contributed by atoms with Crippen LogP contribution in [0.5, 0.6) is 0 Å². The fraction of sp³-hybridized carbons (Fsp3) is 0.444. The minimum atomic E-state index is 0.677. The summed E-state index contributed by atoms with van der Waals surface area (Å²) in [7, 11) is 0. The molecule has 0 saturated heterocycles. The predicted octanol–water partition coefficient (Wildman–Crippen LogP) is 3.19. The lowest BCUT2D eigenvalue weighted by molar-refractivity contribution is 0.973. The van der Waals surface area contributed by atoms with Crippen molar-refractivity contribution in [3.05, 3.63) is 22.3 Å². The van der Waals surface area contributed by atoms with E-state index in [1.807, 2.05) is 13.0 Å². The maximum Gasteiger partial charge on any atom is 0.140 e. The number of rotatable bonds is 4. The van der Waals surface area contributed by atoms with Gasteiger partial charge in [-0.1, -0.05) is 0 Å². The van der Waals surface area contributed by atoms with Gasteiger partial charge in [-0.2, -0.15) is 0 Å². The van der Waals surface area contributed by atoms with E-state index in [0.717, 1.165) is 23.3 Å². The second-order valence-corrected chi connectivity index (χ2v) is 3.93. The van der Waals surface area contributed by atoms with E-state index in [4.69, 9.17) is 11.6 Å². The Labute approximate surface area is 91.8 Å². The Kier molecular flexibility index (Phi) is 4.53. The minimum absolute atomic E-state index is 0.677. The molecule has 1 aromatic heterocycles. The largest absolute Gasteiger partial charge is 0.369 e. The highest BCUT2D eigenvalue weighted by molar-refractivity contribution is 9.10. The lowest BCUT2D eigenvalue weighted by Gasteiger charge is -2.07. The van der Waals surface area contributed by atoms with Crippen molar-refractivity contribution < 1.29 is 0 Å². The third kappa shape index (κ3) is 3.16. The van der Waals surface area contributed by atoms with Crippen molar-refractivity contribution in [3.8, 4) is 0 Å². The van der Waals surface area contributed by atoms with Crippen molar-refractivity contribution >= 4 is 33.3 Å². The van der Waals surface area contributed by atoms with E-state index in [2.05, 4.69) is 26.2 Å². The predicted molar refractivity (Wildman–Crippen MR) is 60.5 cm³/mol. The number of hydrogen-bond donors (Lipinski definition) is 1. The first-order valence-corrected chi connectivity index (χ1v) is 5.49. The first-order valence-electron chi connectivity index (χ1n) is 4.16. The zero-order valence-electron chi connectivity index (χ0n) is 7.48. The molecule has 0 unspecified atom stereocenters. The highest BCUT2D eigenvalue weighted by Crippen LogP contribution is 2.22. The van der Waals surface area contributed by atoms with Crippen LogP contribution in [0.25, 0.3) is 0 Å². The molecular weight excluding hydrogens is 251 g/mol. The molecule has 0 aliphatic carbocycles. The number of hydrogen-bond acceptors (Lipinski definition) is 2. The quantitative estimate of drug-likeness (QED) is 0.666. The summed E-state index contributed by atoms with van der Waals surface area (Å²) in [6, 6.07) is 1.97. The highest BCUT2D eigenvalue weighted by Gasteiger charge is 2.01. The number of alkyl halides is 1. The van der Waals surface area contributed by atoms with E-state index in [-0.39, 0.29) is 0 Å². The van der Waals surface area contributed by atoms with Crippen molar-refractivity contribution in [1.82, 2.24) is 4.98 Å². The van der Waals surface area contributed by atoms with E-state index < -0.39 is 0 Å².